The lowest BCUT2D eigenvalue weighted by atomic mass is 9.46. The second-order valence-corrected chi connectivity index (χ2v) is 7.01. The van der Waals surface area contributed by atoms with E-state index in [1.165, 1.54) is 38.5 Å². The van der Waals surface area contributed by atoms with Crippen LogP contribution in [-0.4, -0.2) is 23.4 Å². The minimum atomic E-state index is 0.265. The second-order valence-electron chi connectivity index (χ2n) is 7.01. The molecule has 0 radical (unpaired) electrons. The van der Waals surface area contributed by atoms with Crippen molar-refractivity contribution in [3.8, 4) is 0 Å². The number of rotatable bonds is 2. The Morgan fingerprint density at radius 1 is 0.933 bits per heavy atom. The molecule has 4 rings (SSSR count). The highest BCUT2D eigenvalue weighted by Gasteiger charge is 2.76. The Kier molecular flexibility index (Phi) is 1.37. The number of aliphatic hydroxyl groups is 2. The maximum Gasteiger partial charge on any atom is 0.0493 e. The molecule has 5 unspecified atom stereocenters. The average molecular weight is 208 g/mol. The first-order valence-electron chi connectivity index (χ1n) is 6.39. The molecule has 0 aromatic rings. The molecule has 0 amide bonds. The first kappa shape index (κ1) is 9.00. The highest BCUT2D eigenvalue weighted by molar-refractivity contribution is 5.25. The first-order valence-corrected chi connectivity index (χ1v) is 6.39. The van der Waals surface area contributed by atoms with E-state index in [0.717, 1.165) is 11.8 Å². The third-order valence-corrected chi connectivity index (χ3v) is 6.54. The summed E-state index contributed by atoms with van der Waals surface area (Å²) in [6, 6.07) is 0. The standard InChI is InChI=1S/C13H20O2/c14-7-11-1-9-2-12(8-15)5-10(4-11)13(12,3-9)6-11/h9-10,14-15H,1-8H2. The van der Waals surface area contributed by atoms with Crippen LogP contribution in [0.2, 0.25) is 0 Å². The number of hydrogen-bond acceptors (Lipinski definition) is 2. The van der Waals surface area contributed by atoms with Crippen LogP contribution in [0.4, 0.5) is 0 Å². The SMILES string of the molecule is OCC12CC3CC4(CO)CC(C1)C4(C3)C2. The minimum absolute atomic E-state index is 0.265. The summed E-state index contributed by atoms with van der Waals surface area (Å²) < 4.78 is 0. The Balaban J connectivity index is 1.82. The molecule has 0 aliphatic heterocycles. The van der Waals surface area contributed by atoms with Crippen LogP contribution < -0.4 is 0 Å². The summed E-state index contributed by atoms with van der Waals surface area (Å²) in [7, 11) is 0. The zero-order chi connectivity index (χ0) is 10.3. The molecule has 84 valence electrons. The highest BCUT2D eigenvalue weighted by Crippen LogP contribution is 2.83. The molecule has 0 heterocycles. The van der Waals surface area contributed by atoms with Gasteiger partial charge in [0.15, 0.2) is 0 Å². The molecule has 2 heteroatoms. The molecule has 5 atom stereocenters. The third kappa shape index (κ3) is 0.734. The third-order valence-electron chi connectivity index (χ3n) is 6.54. The minimum Gasteiger partial charge on any atom is -0.396 e. The molecule has 0 aromatic heterocycles. The van der Waals surface area contributed by atoms with Gasteiger partial charge in [-0.2, -0.15) is 0 Å². The van der Waals surface area contributed by atoms with Gasteiger partial charge in [-0.25, -0.2) is 0 Å². The van der Waals surface area contributed by atoms with Crippen LogP contribution in [0.3, 0.4) is 0 Å². The van der Waals surface area contributed by atoms with Crippen molar-refractivity contribution < 1.29 is 10.2 Å². The van der Waals surface area contributed by atoms with Crippen molar-refractivity contribution >= 4 is 0 Å². The van der Waals surface area contributed by atoms with Crippen molar-refractivity contribution in [2.75, 3.05) is 13.2 Å². The number of aliphatic hydroxyl groups excluding tert-OH is 2. The quantitative estimate of drug-likeness (QED) is 0.723. The Bertz CT molecular complexity index is 320. The van der Waals surface area contributed by atoms with E-state index >= 15 is 0 Å². The fourth-order valence-electron chi connectivity index (χ4n) is 6.30. The molecule has 0 aromatic carbocycles. The fourth-order valence-corrected chi connectivity index (χ4v) is 6.30. The monoisotopic (exact) mass is 208 g/mol. The lowest BCUT2D eigenvalue weighted by Gasteiger charge is -2.58. The maximum atomic E-state index is 9.72. The van der Waals surface area contributed by atoms with E-state index in [1.807, 2.05) is 0 Å². The molecular weight excluding hydrogens is 188 g/mol. The summed E-state index contributed by atoms with van der Waals surface area (Å²) in [6.45, 7) is 0.796. The Morgan fingerprint density at radius 3 is 2.53 bits per heavy atom. The Hall–Kier alpha value is -0.0800. The predicted octanol–water partition coefficient (Wildman–Crippen LogP) is 1.56. The van der Waals surface area contributed by atoms with Crippen LogP contribution >= 0.6 is 0 Å². The smallest absolute Gasteiger partial charge is 0.0493 e. The summed E-state index contributed by atoms with van der Waals surface area (Å²) in [4.78, 5) is 0. The van der Waals surface area contributed by atoms with E-state index in [-0.39, 0.29) is 10.8 Å². The van der Waals surface area contributed by atoms with Gasteiger partial charge >= 0.3 is 0 Å². The topological polar surface area (TPSA) is 40.5 Å². The van der Waals surface area contributed by atoms with Gasteiger partial charge in [0.25, 0.3) is 0 Å². The molecule has 4 saturated carbocycles. The van der Waals surface area contributed by atoms with E-state index in [2.05, 4.69) is 0 Å². The summed E-state index contributed by atoms with van der Waals surface area (Å²) >= 11 is 0. The summed E-state index contributed by atoms with van der Waals surface area (Å²) in [6.07, 6.45) is 7.58. The molecule has 4 aliphatic rings. The molecule has 15 heavy (non-hydrogen) atoms. The fraction of sp³-hybridized carbons (Fsp3) is 1.00. The van der Waals surface area contributed by atoms with Crippen molar-refractivity contribution in [2.24, 2.45) is 28.1 Å². The molecule has 3 bridgehead atoms. The van der Waals surface area contributed by atoms with Crippen LogP contribution in [0.5, 0.6) is 0 Å². The number of hydrogen-bond donors (Lipinski definition) is 2. The van der Waals surface area contributed by atoms with Crippen molar-refractivity contribution in [1.82, 2.24) is 0 Å². The van der Waals surface area contributed by atoms with Crippen molar-refractivity contribution in [3.63, 3.8) is 0 Å². The van der Waals surface area contributed by atoms with Gasteiger partial charge in [0, 0.05) is 13.2 Å². The van der Waals surface area contributed by atoms with Gasteiger partial charge in [-0.1, -0.05) is 0 Å². The van der Waals surface area contributed by atoms with Crippen molar-refractivity contribution in [3.05, 3.63) is 0 Å². The largest absolute Gasteiger partial charge is 0.396 e. The normalized spacial score (nSPS) is 64.4. The lowest BCUT2D eigenvalue weighted by Crippen LogP contribution is -2.54. The van der Waals surface area contributed by atoms with Crippen LogP contribution in [0.15, 0.2) is 0 Å². The van der Waals surface area contributed by atoms with Crippen LogP contribution in [0, 0.1) is 28.1 Å². The highest BCUT2D eigenvalue weighted by atomic mass is 16.3. The van der Waals surface area contributed by atoms with E-state index in [0.29, 0.717) is 18.6 Å². The predicted molar refractivity (Wildman–Crippen MR) is 56.2 cm³/mol. The van der Waals surface area contributed by atoms with Gasteiger partial charge < -0.3 is 10.2 Å². The van der Waals surface area contributed by atoms with Crippen LogP contribution in [-0.2, 0) is 0 Å². The van der Waals surface area contributed by atoms with Gasteiger partial charge in [0.1, 0.15) is 0 Å². The summed E-state index contributed by atoms with van der Waals surface area (Å²) in [5.41, 5.74) is 1.02. The van der Waals surface area contributed by atoms with E-state index < -0.39 is 0 Å². The molecule has 2 nitrogen and oxygen atoms in total. The maximum absolute atomic E-state index is 9.72. The van der Waals surface area contributed by atoms with Gasteiger partial charge in [-0.3, -0.25) is 0 Å². The van der Waals surface area contributed by atoms with Crippen molar-refractivity contribution in [2.45, 2.75) is 38.5 Å². The van der Waals surface area contributed by atoms with Gasteiger partial charge in [-0.05, 0) is 66.6 Å². The molecule has 4 aliphatic carbocycles. The van der Waals surface area contributed by atoms with Gasteiger partial charge in [-0.15, -0.1) is 0 Å². The van der Waals surface area contributed by atoms with Gasteiger partial charge in [0.2, 0.25) is 0 Å². The van der Waals surface area contributed by atoms with Gasteiger partial charge in [0.05, 0.1) is 0 Å². The lowest BCUT2D eigenvalue weighted by molar-refractivity contribution is -0.130. The summed E-state index contributed by atoms with van der Waals surface area (Å²) in [5, 5.41) is 19.4. The zero-order valence-electron chi connectivity index (χ0n) is 9.21. The summed E-state index contributed by atoms with van der Waals surface area (Å²) in [5.74, 6) is 1.65. The molecule has 0 saturated heterocycles. The van der Waals surface area contributed by atoms with Crippen LogP contribution in [0.1, 0.15) is 38.5 Å². The van der Waals surface area contributed by atoms with Crippen LogP contribution in [0.25, 0.3) is 0 Å². The second kappa shape index (κ2) is 2.28. The average Bonchev–Trinajstić information content (AvgIpc) is 2.53. The molecule has 2 N–H and O–H groups in total. The molecular formula is C13H20O2. The van der Waals surface area contributed by atoms with E-state index in [9.17, 15) is 10.2 Å². The molecule has 4 fully saturated rings. The zero-order valence-corrected chi connectivity index (χ0v) is 9.21. The van der Waals surface area contributed by atoms with E-state index in [4.69, 9.17) is 0 Å². The Labute approximate surface area is 90.7 Å². The van der Waals surface area contributed by atoms with Crippen molar-refractivity contribution in [1.29, 1.82) is 0 Å². The first-order chi connectivity index (χ1) is 7.18. The molecule has 1 spiro atoms. The Morgan fingerprint density at radius 2 is 1.80 bits per heavy atom. The number of fused-ring (bicyclic) bond motifs is 2. The van der Waals surface area contributed by atoms with E-state index in [1.54, 1.807) is 0 Å².